The minimum atomic E-state index is -4.42. The van der Waals surface area contributed by atoms with Crippen molar-refractivity contribution in [2.45, 2.75) is 25.7 Å². The summed E-state index contributed by atoms with van der Waals surface area (Å²) >= 11 is 12.1. The average Bonchev–Trinajstić information content (AvgIpc) is 2.86. The molecule has 0 aliphatic carbocycles. The summed E-state index contributed by atoms with van der Waals surface area (Å²) in [6.45, 7) is 1.71. The lowest BCUT2D eigenvalue weighted by Gasteiger charge is -2.27. The van der Waals surface area contributed by atoms with Crippen LogP contribution in [0.15, 0.2) is 65.6 Å². The van der Waals surface area contributed by atoms with Crippen molar-refractivity contribution in [1.29, 1.82) is 0 Å². The van der Waals surface area contributed by atoms with Gasteiger partial charge in [0.05, 0.1) is 32.6 Å². The number of aromatic amines is 1. The van der Waals surface area contributed by atoms with Gasteiger partial charge in [0.2, 0.25) is 0 Å². The van der Waals surface area contributed by atoms with Crippen molar-refractivity contribution in [3.05, 3.63) is 104 Å². The molecule has 0 saturated carbocycles. The summed E-state index contributed by atoms with van der Waals surface area (Å²) in [5.74, 6) is 0.267. The first-order valence-electron chi connectivity index (χ1n) is 11.1. The molecule has 1 aliphatic rings. The molecule has 0 amide bonds. The molecule has 4 aromatic rings. The zero-order chi connectivity index (χ0) is 25.4. The summed E-state index contributed by atoms with van der Waals surface area (Å²) in [6, 6.07) is 13.9. The molecule has 1 aliphatic heterocycles. The SMILES string of the molecule is O=c1[nH]c(-c2ccc(C(F)(F)F)cc2)nc2c1CN(Cc1ccc(-c3ccc(Cl)c(Cl)c3)nc1)CC2. The predicted octanol–water partition coefficient (Wildman–Crippen LogP) is 6.38. The van der Waals surface area contributed by atoms with Gasteiger partial charge in [-0.15, -0.1) is 0 Å². The third-order valence-corrected chi connectivity index (χ3v) is 6.82. The van der Waals surface area contributed by atoms with Crippen LogP contribution in [0.1, 0.15) is 22.4 Å². The van der Waals surface area contributed by atoms with Crippen molar-refractivity contribution >= 4 is 23.2 Å². The van der Waals surface area contributed by atoms with Gasteiger partial charge < -0.3 is 4.98 Å². The van der Waals surface area contributed by atoms with Crippen LogP contribution in [-0.2, 0) is 25.7 Å². The van der Waals surface area contributed by atoms with Crippen LogP contribution in [0.2, 0.25) is 10.0 Å². The fraction of sp³-hybridized carbons (Fsp3) is 0.192. The standard InChI is InChI=1S/C26H19Cl2F3N4O/c27-20-7-4-17(11-21(20)28)22-8-1-15(12-32-22)13-35-10-9-23-19(14-35)25(36)34-24(33-23)16-2-5-18(6-3-16)26(29,30)31/h1-8,11-12H,9-10,13-14H2,(H,33,34,36). The Kier molecular flexibility index (Phi) is 6.59. The highest BCUT2D eigenvalue weighted by Gasteiger charge is 2.30. The Morgan fingerprint density at radius 2 is 1.72 bits per heavy atom. The van der Waals surface area contributed by atoms with Crippen LogP contribution in [0.3, 0.4) is 0 Å². The molecule has 36 heavy (non-hydrogen) atoms. The number of aromatic nitrogens is 3. The lowest BCUT2D eigenvalue weighted by molar-refractivity contribution is -0.137. The van der Waals surface area contributed by atoms with Crippen molar-refractivity contribution in [1.82, 2.24) is 19.9 Å². The number of halogens is 5. The molecule has 5 rings (SSSR count). The van der Waals surface area contributed by atoms with Crippen LogP contribution in [0.4, 0.5) is 13.2 Å². The topological polar surface area (TPSA) is 61.9 Å². The van der Waals surface area contributed by atoms with Gasteiger partial charge in [0.15, 0.2) is 0 Å². The molecule has 0 spiro atoms. The summed E-state index contributed by atoms with van der Waals surface area (Å²) in [6.07, 6.45) is -2.07. The van der Waals surface area contributed by atoms with Crippen molar-refractivity contribution in [2.24, 2.45) is 0 Å². The summed E-state index contributed by atoms with van der Waals surface area (Å²) < 4.78 is 38.5. The van der Waals surface area contributed by atoms with Crippen LogP contribution >= 0.6 is 23.2 Å². The zero-order valence-corrected chi connectivity index (χ0v) is 20.3. The number of H-pyrrole nitrogens is 1. The van der Waals surface area contributed by atoms with Gasteiger partial charge >= 0.3 is 6.18 Å². The summed E-state index contributed by atoms with van der Waals surface area (Å²) in [5, 5.41) is 0.950. The minimum absolute atomic E-state index is 0.267. The van der Waals surface area contributed by atoms with Crippen LogP contribution in [-0.4, -0.2) is 26.4 Å². The molecule has 2 aromatic heterocycles. The maximum Gasteiger partial charge on any atom is 0.416 e. The number of nitrogens with zero attached hydrogens (tertiary/aromatic N) is 3. The second-order valence-electron chi connectivity index (χ2n) is 8.56. The first kappa shape index (κ1) is 24.5. The molecular weight excluding hydrogens is 512 g/mol. The van der Waals surface area contributed by atoms with Gasteiger partial charge in [0.25, 0.3) is 5.56 Å². The van der Waals surface area contributed by atoms with Crippen LogP contribution < -0.4 is 5.56 Å². The van der Waals surface area contributed by atoms with E-state index in [0.717, 1.165) is 29.0 Å². The number of benzene rings is 2. The second kappa shape index (κ2) is 9.69. The third kappa shape index (κ3) is 5.16. The smallest absolute Gasteiger partial charge is 0.306 e. The number of hydrogen-bond donors (Lipinski definition) is 1. The Hall–Kier alpha value is -3.20. The number of alkyl halides is 3. The molecular formula is C26H19Cl2F3N4O. The van der Waals surface area contributed by atoms with E-state index in [0.29, 0.717) is 52.9 Å². The fourth-order valence-corrected chi connectivity index (χ4v) is 4.47. The molecule has 1 N–H and O–H groups in total. The Morgan fingerprint density at radius 1 is 0.972 bits per heavy atom. The lowest BCUT2D eigenvalue weighted by Crippen LogP contribution is -2.35. The monoisotopic (exact) mass is 530 g/mol. The van der Waals surface area contributed by atoms with E-state index >= 15 is 0 Å². The highest BCUT2D eigenvalue weighted by atomic mass is 35.5. The Balaban J connectivity index is 1.29. The number of hydrogen-bond acceptors (Lipinski definition) is 4. The first-order valence-corrected chi connectivity index (χ1v) is 11.9. The molecule has 0 atom stereocenters. The fourth-order valence-electron chi connectivity index (χ4n) is 4.17. The van der Waals surface area contributed by atoms with Crippen LogP contribution in [0.25, 0.3) is 22.6 Å². The maximum absolute atomic E-state index is 12.8. The average molecular weight is 531 g/mol. The highest BCUT2D eigenvalue weighted by molar-refractivity contribution is 6.42. The molecule has 2 aromatic carbocycles. The zero-order valence-electron chi connectivity index (χ0n) is 18.7. The van der Waals surface area contributed by atoms with Crippen molar-refractivity contribution in [2.75, 3.05) is 6.54 Å². The Morgan fingerprint density at radius 3 is 2.39 bits per heavy atom. The first-order chi connectivity index (χ1) is 17.2. The largest absolute Gasteiger partial charge is 0.416 e. The maximum atomic E-state index is 12.8. The minimum Gasteiger partial charge on any atom is -0.306 e. The number of pyridine rings is 1. The van der Waals surface area contributed by atoms with E-state index in [9.17, 15) is 18.0 Å². The van der Waals surface area contributed by atoms with E-state index in [1.807, 2.05) is 18.2 Å². The van der Waals surface area contributed by atoms with Crippen molar-refractivity contribution in [3.63, 3.8) is 0 Å². The summed E-state index contributed by atoms with van der Waals surface area (Å²) in [7, 11) is 0. The van der Waals surface area contributed by atoms with Gasteiger partial charge in [-0.05, 0) is 35.9 Å². The lowest BCUT2D eigenvalue weighted by atomic mass is 10.0. The van der Waals surface area contributed by atoms with Gasteiger partial charge in [0, 0.05) is 43.4 Å². The van der Waals surface area contributed by atoms with E-state index in [2.05, 4.69) is 19.9 Å². The number of rotatable bonds is 4. The Bertz CT molecular complexity index is 1470. The van der Waals surface area contributed by atoms with E-state index in [4.69, 9.17) is 23.2 Å². The number of nitrogens with one attached hydrogen (secondary N) is 1. The van der Waals surface area contributed by atoms with Gasteiger partial charge in [-0.1, -0.05) is 47.5 Å². The predicted molar refractivity (Wildman–Crippen MR) is 133 cm³/mol. The highest BCUT2D eigenvalue weighted by Crippen LogP contribution is 2.31. The molecule has 0 unspecified atom stereocenters. The normalized spacial score (nSPS) is 14.0. The van der Waals surface area contributed by atoms with Crippen molar-refractivity contribution in [3.8, 4) is 22.6 Å². The molecule has 184 valence electrons. The van der Waals surface area contributed by atoms with Gasteiger partial charge in [-0.25, -0.2) is 4.98 Å². The molecule has 0 fully saturated rings. The molecule has 0 radical (unpaired) electrons. The molecule has 3 heterocycles. The van der Waals surface area contributed by atoms with E-state index in [-0.39, 0.29) is 11.4 Å². The third-order valence-electron chi connectivity index (χ3n) is 6.08. The van der Waals surface area contributed by atoms with E-state index in [1.54, 1.807) is 18.3 Å². The van der Waals surface area contributed by atoms with Crippen molar-refractivity contribution < 1.29 is 13.2 Å². The quantitative estimate of drug-likeness (QED) is 0.332. The van der Waals surface area contributed by atoms with Gasteiger partial charge in [-0.3, -0.25) is 14.7 Å². The number of fused-ring (bicyclic) bond motifs is 1. The summed E-state index contributed by atoms with van der Waals surface area (Å²) in [4.78, 5) is 26.7. The second-order valence-corrected chi connectivity index (χ2v) is 9.37. The van der Waals surface area contributed by atoms with Crippen LogP contribution in [0, 0.1) is 0 Å². The molecule has 0 bridgehead atoms. The molecule has 0 saturated heterocycles. The van der Waals surface area contributed by atoms with Crippen LogP contribution in [0.5, 0.6) is 0 Å². The molecule has 10 heteroatoms. The van der Waals surface area contributed by atoms with Gasteiger partial charge in [0.1, 0.15) is 5.82 Å². The van der Waals surface area contributed by atoms with E-state index in [1.165, 1.54) is 12.1 Å². The van der Waals surface area contributed by atoms with Gasteiger partial charge in [-0.2, -0.15) is 13.2 Å². The summed E-state index contributed by atoms with van der Waals surface area (Å²) in [5.41, 5.74) is 3.26. The van der Waals surface area contributed by atoms with E-state index < -0.39 is 11.7 Å². The Labute approximate surface area is 214 Å². The molecule has 5 nitrogen and oxygen atoms in total.